The van der Waals surface area contributed by atoms with Crippen molar-refractivity contribution in [3.05, 3.63) is 102 Å². The van der Waals surface area contributed by atoms with Crippen molar-refractivity contribution < 1.29 is 4.55 Å². The summed E-state index contributed by atoms with van der Waals surface area (Å²) in [5.74, 6) is 0. The Morgan fingerprint density at radius 3 is 1.88 bits per heavy atom. The van der Waals surface area contributed by atoms with Gasteiger partial charge in [0, 0.05) is 0 Å². The summed E-state index contributed by atoms with van der Waals surface area (Å²) >= 11 is -1.22. The maximum atomic E-state index is 13.2. The van der Waals surface area contributed by atoms with Crippen molar-refractivity contribution in [1.82, 2.24) is 4.31 Å². The Bertz CT molecular complexity index is 688. The van der Waals surface area contributed by atoms with Gasteiger partial charge in [0.05, 0.1) is 23.9 Å². The molecule has 0 amide bonds. The molecule has 0 saturated heterocycles. The van der Waals surface area contributed by atoms with E-state index in [0.29, 0.717) is 6.54 Å². The van der Waals surface area contributed by atoms with Crippen LogP contribution in [0.2, 0.25) is 0 Å². The fourth-order valence-corrected chi connectivity index (χ4v) is 4.01. The van der Waals surface area contributed by atoms with E-state index in [1.807, 2.05) is 71.0 Å². The van der Waals surface area contributed by atoms with Crippen LogP contribution in [-0.4, -0.2) is 8.86 Å². The largest absolute Gasteiger partial charge is 0.593 e. The molecular formula is C21H21NOS. The highest BCUT2D eigenvalue weighted by Crippen LogP contribution is 2.29. The van der Waals surface area contributed by atoms with Crippen molar-refractivity contribution in [2.75, 3.05) is 0 Å². The van der Waals surface area contributed by atoms with Crippen LogP contribution in [0.15, 0.2) is 95.9 Å². The molecule has 0 heterocycles. The molecule has 0 saturated carbocycles. The minimum absolute atomic E-state index is 0.0486. The Balaban J connectivity index is 1.91. The number of benzene rings is 3. The molecule has 0 radical (unpaired) electrons. The summed E-state index contributed by atoms with van der Waals surface area (Å²) in [5, 5.41) is 0. The van der Waals surface area contributed by atoms with Gasteiger partial charge in [-0.1, -0.05) is 78.9 Å². The Hall–Kier alpha value is -2.07. The lowest BCUT2D eigenvalue weighted by Gasteiger charge is -2.29. The minimum Gasteiger partial charge on any atom is -0.593 e. The zero-order chi connectivity index (χ0) is 16.8. The first-order valence-corrected chi connectivity index (χ1v) is 9.19. The lowest BCUT2D eigenvalue weighted by atomic mass is 10.1. The summed E-state index contributed by atoms with van der Waals surface area (Å²) in [6, 6.07) is 30.1. The van der Waals surface area contributed by atoms with Gasteiger partial charge in [-0.2, -0.15) is 0 Å². The van der Waals surface area contributed by atoms with E-state index in [2.05, 4.69) is 31.2 Å². The standard InChI is InChI=1S/C21H21NOS/c1-18(20-13-7-3-8-14-20)22(17-19-11-5-2-6-12-19)24(23)21-15-9-4-10-16-21/h2-16,18H,17H2,1H3/t18-,24?/m1/s1. The van der Waals surface area contributed by atoms with Gasteiger partial charge in [-0.05, 0) is 30.2 Å². The van der Waals surface area contributed by atoms with E-state index in [1.54, 1.807) is 0 Å². The molecule has 3 heteroatoms. The van der Waals surface area contributed by atoms with Crippen LogP contribution in [0.4, 0.5) is 0 Å². The van der Waals surface area contributed by atoms with Gasteiger partial charge in [-0.25, -0.2) is 0 Å². The third-order valence-corrected chi connectivity index (χ3v) is 5.60. The smallest absolute Gasteiger partial charge is 0.174 e. The highest BCUT2D eigenvalue weighted by Gasteiger charge is 2.29. The Kier molecular flexibility index (Phi) is 5.70. The van der Waals surface area contributed by atoms with Gasteiger partial charge in [0.2, 0.25) is 0 Å². The molecule has 0 aliphatic heterocycles. The molecule has 0 N–H and O–H groups in total. The molecule has 0 fully saturated rings. The van der Waals surface area contributed by atoms with E-state index in [9.17, 15) is 4.55 Å². The van der Waals surface area contributed by atoms with Crippen LogP contribution in [0, 0.1) is 0 Å². The van der Waals surface area contributed by atoms with Crippen LogP contribution >= 0.6 is 0 Å². The third-order valence-electron chi connectivity index (χ3n) is 4.05. The molecule has 0 bridgehead atoms. The van der Waals surface area contributed by atoms with Crippen molar-refractivity contribution in [3.63, 3.8) is 0 Å². The van der Waals surface area contributed by atoms with Gasteiger partial charge in [0.1, 0.15) is 0 Å². The summed E-state index contributed by atoms with van der Waals surface area (Å²) in [6.45, 7) is 2.75. The number of hydrogen-bond acceptors (Lipinski definition) is 2. The lowest BCUT2D eigenvalue weighted by Crippen LogP contribution is -2.33. The average molecular weight is 335 g/mol. The van der Waals surface area contributed by atoms with Crippen molar-refractivity contribution in [2.45, 2.75) is 24.4 Å². The number of hydrogen-bond donors (Lipinski definition) is 0. The quantitative estimate of drug-likeness (QED) is 0.594. The molecule has 24 heavy (non-hydrogen) atoms. The van der Waals surface area contributed by atoms with Crippen LogP contribution in [0.1, 0.15) is 24.1 Å². The first kappa shape index (κ1) is 16.8. The molecule has 3 aromatic carbocycles. The summed E-state index contributed by atoms with van der Waals surface area (Å²) in [7, 11) is 0. The molecule has 0 aliphatic rings. The van der Waals surface area contributed by atoms with E-state index in [-0.39, 0.29) is 6.04 Å². The van der Waals surface area contributed by atoms with Crippen LogP contribution in [-0.2, 0) is 17.9 Å². The predicted octanol–water partition coefficient (Wildman–Crippen LogP) is 4.97. The summed E-state index contributed by atoms with van der Waals surface area (Å²) in [5.41, 5.74) is 2.32. The number of rotatable bonds is 6. The van der Waals surface area contributed by atoms with Crippen LogP contribution in [0.3, 0.4) is 0 Å². The third kappa shape index (κ3) is 4.06. The minimum atomic E-state index is -1.22. The fourth-order valence-electron chi connectivity index (χ4n) is 2.67. The fraction of sp³-hybridized carbons (Fsp3) is 0.143. The van der Waals surface area contributed by atoms with Crippen molar-refractivity contribution in [3.8, 4) is 0 Å². The molecule has 0 aliphatic carbocycles. The second-order valence-electron chi connectivity index (χ2n) is 5.71. The SMILES string of the molecule is C[C@H](c1ccccc1)N(Cc1ccccc1)[S+]([O-])c1ccccc1. The van der Waals surface area contributed by atoms with Gasteiger partial charge in [0.25, 0.3) is 0 Å². The van der Waals surface area contributed by atoms with Crippen molar-refractivity contribution >= 4 is 11.4 Å². The topological polar surface area (TPSA) is 26.3 Å². The van der Waals surface area contributed by atoms with Gasteiger partial charge in [0.15, 0.2) is 4.90 Å². The van der Waals surface area contributed by atoms with E-state index in [4.69, 9.17) is 0 Å². The highest BCUT2D eigenvalue weighted by molar-refractivity contribution is 7.89. The maximum Gasteiger partial charge on any atom is 0.174 e. The highest BCUT2D eigenvalue weighted by atomic mass is 32.2. The van der Waals surface area contributed by atoms with E-state index in [0.717, 1.165) is 16.0 Å². The zero-order valence-electron chi connectivity index (χ0n) is 13.7. The van der Waals surface area contributed by atoms with Crippen molar-refractivity contribution in [2.24, 2.45) is 0 Å². The molecule has 0 spiro atoms. The number of nitrogens with zero attached hydrogens (tertiary/aromatic N) is 1. The molecule has 0 aromatic heterocycles. The molecule has 122 valence electrons. The van der Waals surface area contributed by atoms with Gasteiger partial charge in [-0.3, -0.25) is 0 Å². The molecular weight excluding hydrogens is 314 g/mol. The molecule has 2 atom stereocenters. The second kappa shape index (κ2) is 8.15. The van der Waals surface area contributed by atoms with Crippen LogP contribution < -0.4 is 0 Å². The van der Waals surface area contributed by atoms with Gasteiger partial charge >= 0.3 is 0 Å². The summed E-state index contributed by atoms with van der Waals surface area (Å²) in [4.78, 5) is 0.830. The van der Waals surface area contributed by atoms with Crippen LogP contribution in [0.5, 0.6) is 0 Å². The summed E-state index contributed by atoms with van der Waals surface area (Å²) < 4.78 is 15.2. The molecule has 1 unspecified atom stereocenters. The molecule has 2 nitrogen and oxygen atoms in total. The predicted molar refractivity (Wildman–Crippen MR) is 99.7 cm³/mol. The van der Waals surface area contributed by atoms with E-state index >= 15 is 0 Å². The van der Waals surface area contributed by atoms with Crippen LogP contribution in [0.25, 0.3) is 0 Å². The van der Waals surface area contributed by atoms with Crippen molar-refractivity contribution in [1.29, 1.82) is 0 Å². The monoisotopic (exact) mass is 335 g/mol. The summed E-state index contributed by atoms with van der Waals surface area (Å²) in [6.07, 6.45) is 0. The zero-order valence-corrected chi connectivity index (χ0v) is 14.5. The van der Waals surface area contributed by atoms with E-state index in [1.165, 1.54) is 0 Å². The average Bonchev–Trinajstić information content (AvgIpc) is 2.67. The normalized spacial score (nSPS) is 13.6. The Labute approximate surface area is 147 Å². The first-order valence-electron chi connectivity index (χ1n) is 8.08. The maximum absolute atomic E-state index is 13.2. The lowest BCUT2D eigenvalue weighted by molar-refractivity contribution is 0.336. The Morgan fingerprint density at radius 2 is 1.29 bits per heavy atom. The second-order valence-corrected chi connectivity index (χ2v) is 7.15. The van der Waals surface area contributed by atoms with Gasteiger partial charge in [-0.15, -0.1) is 4.31 Å². The first-order chi connectivity index (χ1) is 11.8. The molecule has 3 rings (SSSR count). The van der Waals surface area contributed by atoms with E-state index < -0.39 is 11.4 Å². The molecule has 3 aromatic rings. The Morgan fingerprint density at radius 1 is 0.792 bits per heavy atom. The van der Waals surface area contributed by atoms with Gasteiger partial charge < -0.3 is 4.55 Å².